The lowest BCUT2D eigenvalue weighted by atomic mass is 9.84. The first-order valence-corrected chi connectivity index (χ1v) is 10.2. The molecular formula is C22H24F2N4O3. The molecule has 2 aliphatic rings. The number of primary amides is 1. The highest BCUT2D eigenvalue weighted by atomic mass is 19.2. The predicted octanol–water partition coefficient (Wildman–Crippen LogP) is 3.25. The van der Waals surface area contributed by atoms with E-state index >= 15 is 0 Å². The topological polar surface area (TPSA) is 97.6 Å². The molecule has 2 amide bonds. The van der Waals surface area contributed by atoms with Crippen LogP contribution in [0.4, 0.5) is 20.2 Å². The number of nitrogens with two attached hydrogens (primary N) is 1. The Bertz CT molecular complexity index is 1020. The Morgan fingerprint density at radius 1 is 1.26 bits per heavy atom. The number of rotatable bonds is 5. The van der Waals surface area contributed by atoms with E-state index in [9.17, 15) is 18.4 Å². The summed E-state index contributed by atoms with van der Waals surface area (Å²) in [5.41, 5.74) is 5.98. The van der Waals surface area contributed by atoms with Crippen molar-refractivity contribution >= 4 is 23.2 Å². The number of aromatic nitrogens is 1. The van der Waals surface area contributed by atoms with Crippen LogP contribution in [0.1, 0.15) is 42.6 Å². The van der Waals surface area contributed by atoms with E-state index in [2.05, 4.69) is 10.3 Å². The number of hydrogen-bond donors (Lipinski definition) is 2. The summed E-state index contributed by atoms with van der Waals surface area (Å²) in [7, 11) is 1.28. The average molecular weight is 430 g/mol. The smallest absolute Gasteiger partial charge is 0.267 e. The highest BCUT2D eigenvalue weighted by Gasteiger charge is 2.49. The molecule has 9 heteroatoms. The quantitative estimate of drug-likeness (QED) is 0.759. The minimum Gasteiger partial charge on any atom is -0.491 e. The van der Waals surface area contributed by atoms with E-state index in [0.29, 0.717) is 24.3 Å². The molecule has 31 heavy (non-hydrogen) atoms. The second-order valence-corrected chi connectivity index (χ2v) is 8.25. The number of nitrogens with one attached hydrogen (secondary N) is 1. The van der Waals surface area contributed by atoms with E-state index in [1.807, 2.05) is 0 Å². The number of methoxy groups -OCH3 is 1. The molecule has 1 aliphatic carbocycles. The lowest BCUT2D eigenvalue weighted by molar-refractivity contribution is -0.117. The van der Waals surface area contributed by atoms with Crippen molar-refractivity contribution in [1.82, 2.24) is 4.98 Å². The van der Waals surface area contributed by atoms with Crippen molar-refractivity contribution in [3.05, 3.63) is 47.8 Å². The summed E-state index contributed by atoms with van der Waals surface area (Å²) in [6, 6.07) is 4.85. The highest BCUT2D eigenvalue weighted by molar-refractivity contribution is 5.99. The lowest BCUT2D eigenvalue weighted by Gasteiger charge is -2.28. The van der Waals surface area contributed by atoms with Crippen molar-refractivity contribution in [1.29, 1.82) is 0 Å². The number of anilines is 2. The van der Waals surface area contributed by atoms with Crippen LogP contribution in [0, 0.1) is 17.0 Å². The zero-order valence-electron chi connectivity index (χ0n) is 17.2. The zero-order valence-corrected chi connectivity index (χ0v) is 17.2. The number of pyridine rings is 1. The molecule has 164 valence electrons. The fourth-order valence-corrected chi connectivity index (χ4v) is 4.84. The van der Waals surface area contributed by atoms with Crippen LogP contribution in [-0.4, -0.2) is 36.5 Å². The van der Waals surface area contributed by atoms with Gasteiger partial charge in [0.2, 0.25) is 11.7 Å². The number of carbonyl (C=O) groups excluding carboxylic acids is 2. The molecule has 0 bridgehead atoms. The Morgan fingerprint density at radius 2 is 2.00 bits per heavy atom. The molecule has 1 aromatic carbocycles. The van der Waals surface area contributed by atoms with Gasteiger partial charge in [-0.05, 0) is 48.9 Å². The van der Waals surface area contributed by atoms with Gasteiger partial charge in [-0.15, -0.1) is 0 Å². The van der Waals surface area contributed by atoms with E-state index in [1.54, 1.807) is 11.0 Å². The monoisotopic (exact) mass is 430 g/mol. The third kappa shape index (κ3) is 3.92. The SMILES string of the molecule is COc1c(N2CC3(CCCC3)C[C@@H]2C(=O)Nc2ccnc(C(N)=O)c2)ccc(F)c1F. The molecule has 2 heterocycles. The summed E-state index contributed by atoms with van der Waals surface area (Å²) in [6.07, 6.45) is 6.07. The molecule has 7 nitrogen and oxygen atoms in total. The van der Waals surface area contributed by atoms with Crippen molar-refractivity contribution in [2.24, 2.45) is 11.1 Å². The number of carbonyl (C=O) groups is 2. The number of hydrogen-bond acceptors (Lipinski definition) is 5. The summed E-state index contributed by atoms with van der Waals surface area (Å²) in [5, 5.41) is 2.81. The number of amides is 2. The van der Waals surface area contributed by atoms with Crippen LogP contribution >= 0.6 is 0 Å². The maximum atomic E-state index is 14.4. The fraction of sp³-hybridized carbons (Fsp3) is 0.409. The number of ether oxygens (including phenoxy) is 1. The van der Waals surface area contributed by atoms with E-state index in [4.69, 9.17) is 10.5 Å². The molecular weight excluding hydrogens is 406 g/mol. The molecule has 0 radical (unpaired) electrons. The van der Waals surface area contributed by atoms with Gasteiger partial charge in [-0.25, -0.2) is 4.39 Å². The summed E-state index contributed by atoms with van der Waals surface area (Å²) in [5.74, 6) is -3.31. The summed E-state index contributed by atoms with van der Waals surface area (Å²) in [6.45, 7) is 0.551. The van der Waals surface area contributed by atoms with Gasteiger partial charge in [0.05, 0.1) is 12.8 Å². The molecule has 1 aromatic heterocycles. The van der Waals surface area contributed by atoms with Gasteiger partial charge in [-0.1, -0.05) is 12.8 Å². The van der Waals surface area contributed by atoms with Crippen LogP contribution in [0.25, 0.3) is 0 Å². The first-order valence-electron chi connectivity index (χ1n) is 10.2. The molecule has 0 unspecified atom stereocenters. The van der Waals surface area contributed by atoms with Gasteiger partial charge in [-0.3, -0.25) is 14.6 Å². The minimum atomic E-state index is -1.08. The van der Waals surface area contributed by atoms with E-state index in [0.717, 1.165) is 31.7 Å². The standard InChI is InChI=1S/C22H24F2N4O3/c1-31-19-16(5-4-14(23)18(19)24)28-12-22(7-2-3-8-22)11-17(28)21(30)27-13-6-9-26-15(10-13)20(25)29/h4-6,9-10,17H,2-3,7-8,11-12H2,1H3,(H2,25,29)(H,26,27,30)/t17-/m1/s1. The Hall–Kier alpha value is -3.23. The second-order valence-electron chi connectivity index (χ2n) is 8.25. The molecule has 1 saturated carbocycles. The molecule has 1 saturated heterocycles. The molecule has 2 fully saturated rings. The van der Waals surface area contributed by atoms with Crippen molar-refractivity contribution in [3.8, 4) is 5.75 Å². The van der Waals surface area contributed by atoms with Crippen molar-refractivity contribution in [3.63, 3.8) is 0 Å². The number of nitrogens with zero attached hydrogens (tertiary/aromatic N) is 2. The Kier molecular flexibility index (Phi) is 5.51. The number of halogens is 2. The number of benzene rings is 1. The van der Waals surface area contributed by atoms with Crippen LogP contribution in [-0.2, 0) is 4.79 Å². The fourth-order valence-electron chi connectivity index (χ4n) is 4.84. The van der Waals surface area contributed by atoms with Crippen LogP contribution in [0.2, 0.25) is 0 Å². The molecule has 1 spiro atoms. The van der Waals surface area contributed by atoms with Gasteiger partial charge < -0.3 is 20.7 Å². The van der Waals surface area contributed by atoms with Crippen molar-refractivity contribution in [2.45, 2.75) is 38.1 Å². The Morgan fingerprint density at radius 3 is 2.68 bits per heavy atom. The average Bonchev–Trinajstić information content (AvgIpc) is 3.37. The van der Waals surface area contributed by atoms with Gasteiger partial charge in [-0.2, -0.15) is 4.39 Å². The van der Waals surface area contributed by atoms with Crippen LogP contribution in [0.5, 0.6) is 5.75 Å². The van der Waals surface area contributed by atoms with Gasteiger partial charge in [0.1, 0.15) is 11.7 Å². The Balaban J connectivity index is 1.67. The molecule has 1 aliphatic heterocycles. The highest BCUT2D eigenvalue weighted by Crippen LogP contribution is 2.50. The molecule has 2 aromatic rings. The van der Waals surface area contributed by atoms with Crippen molar-refractivity contribution in [2.75, 3.05) is 23.9 Å². The summed E-state index contributed by atoms with van der Waals surface area (Å²) < 4.78 is 33.3. The molecule has 3 N–H and O–H groups in total. The van der Waals surface area contributed by atoms with Gasteiger partial charge in [0.25, 0.3) is 5.91 Å². The second kappa shape index (κ2) is 8.13. The third-order valence-electron chi connectivity index (χ3n) is 6.30. The minimum absolute atomic E-state index is 0.0376. The van der Waals surface area contributed by atoms with Gasteiger partial charge in [0, 0.05) is 18.4 Å². The largest absolute Gasteiger partial charge is 0.491 e. The first-order chi connectivity index (χ1) is 14.8. The van der Waals surface area contributed by atoms with Crippen LogP contribution in [0.3, 0.4) is 0 Å². The predicted molar refractivity (Wildman–Crippen MR) is 111 cm³/mol. The van der Waals surface area contributed by atoms with Gasteiger partial charge in [0.15, 0.2) is 11.6 Å². The summed E-state index contributed by atoms with van der Waals surface area (Å²) >= 11 is 0. The van der Waals surface area contributed by atoms with Crippen LogP contribution in [0.15, 0.2) is 30.5 Å². The van der Waals surface area contributed by atoms with E-state index in [-0.39, 0.29) is 22.8 Å². The van der Waals surface area contributed by atoms with E-state index < -0.39 is 23.6 Å². The van der Waals surface area contributed by atoms with E-state index in [1.165, 1.54) is 25.4 Å². The Labute approximate surface area is 178 Å². The van der Waals surface area contributed by atoms with Gasteiger partial charge >= 0.3 is 0 Å². The maximum Gasteiger partial charge on any atom is 0.267 e. The summed E-state index contributed by atoms with van der Waals surface area (Å²) in [4.78, 5) is 30.3. The molecule has 4 rings (SSSR count). The normalized spacial score (nSPS) is 19.6. The molecule has 1 atom stereocenters. The van der Waals surface area contributed by atoms with Crippen molar-refractivity contribution < 1.29 is 23.1 Å². The maximum absolute atomic E-state index is 14.4. The first kappa shape index (κ1) is 21.0. The zero-order chi connectivity index (χ0) is 22.2. The van der Waals surface area contributed by atoms with Crippen LogP contribution < -0.4 is 20.7 Å². The lowest BCUT2D eigenvalue weighted by Crippen LogP contribution is -2.40. The third-order valence-corrected chi connectivity index (χ3v) is 6.30.